The molecule has 0 aliphatic heterocycles. The number of allylic oxidation sites excluding steroid dienone is 4. The Morgan fingerprint density at radius 3 is 2.80 bits per heavy atom. The molecule has 134 valence electrons. The number of thioether (sulfide) groups is 1. The number of nitrogens with one attached hydrogen (secondary N) is 1. The molecule has 0 saturated carbocycles. The second-order valence-electron chi connectivity index (χ2n) is 5.97. The molecule has 0 saturated heterocycles. The van der Waals surface area contributed by atoms with Gasteiger partial charge in [0.1, 0.15) is 0 Å². The first-order valence-corrected chi connectivity index (χ1v) is 8.97. The van der Waals surface area contributed by atoms with Gasteiger partial charge in [-0.2, -0.15) is 0 Å². The summed E-state index contributed by atoms with van der Waals surface area (Å²) < 4.78 is 6.66. The van der Waals surface area contributed by atoms with Crippen molar-refractivity contribution in [2.45, 2.75) is 51.1 Å². The van der Waals surface area contributed by atoms with Crippen molar-refractivity contribution in [2.75, 3.05) is 0 Å². The van der Waals surface area contributed by atoms with Crippen molar-refractivity contribution < 1.29 is 9.21 Å². The highest BCUT2D eigenvalue weighted by molar-refractivity contribution is 8.01. The fourth-order valence-corrected chi connectivity index (χ4v) is 3.13. The summed E-state index contributed by atoms with van der Waals surface area (Å²) in [7, 11) is 0. The van der Waals surface area contributed by atoms with E-state index in [-0.39, 0.29) is 5.91 Å². The molecule has 1 amide bonds. The summed E-state index contributed by atoms with van der Waals surface area (Å²) in [6.07, 6.45) is 7.27. The van der Waals surface area contributed by atoms with Crippen molar-refractivity contribution >= 4 is 17.7 Å². The van der Waals surface area contributed by atoms with E-state index in [1.165, 1.54) is 11.8 Å². The molecule has 0 aliphatic carbocycles. The molecule has 0 spiro atoms. The lowest BCUT2D eigenvalue weighted by Gasteiger charge is -2.22. The lowest BCUT2D eigenvalue weighted by atomic mass is 10.2. The summed E-state index contributed by atoms with van der Waals surface area (Å²) in [4.78, 5) is 12.6. The summed E-state index contributed by atoms with van der Waals surface area (Å²) in [6.45, 7) is 10.2. The highest BCUT2D eigenvalue weighted by Gasteiger charge is 2.32. The minimum atomic E-state index is -0.703. The molecular formula is C18H24N4O2S. The Hall–Kier alpha value is -2.28. The molecule has 0 radical (unpaired) electrons. The van der Waals surface area contributed by atoms with Crippen LogP contribution in [0.3, 0.4) is 0 Å². The van der Waals surface area contributed by atoms with Gasteiger partial charge in [0.2, 0.25) is 5.91 Å². The van der Waals surface area contributed by atoms with E-state index in [9.17, 15) is 4.79 Å². The Morgan fingerprint density at radius 1 is 1.44 bits per heavy atom. The molecule has 0 fully saturated rings. The first-order chi connectivity index (χ1) is 11.9. The van der Waals surface area contributed by atoms with Crippen LogP contribution in [0.5, 0.6) is 0 Å². The topological polar surface area (TPSA) is 73.0 Å². The summed E-state index contributed by atoms with van der Waals surface area (Å²) in [5.41, 5.74) is 0.796. The van der Waals surface area contributed by atoms with Gasteiger partial charge in [-0.25, -0.2) is 0 Å². The third-order valence-corrected chi connectivity index (χ3v) is 4.70. The van der Waals surface area contributed by atoms with Gasteiger partial charge in [0.15, 0.2) is 16.7 Å². The van der Waals surface area contributed by atoms with Crippen LogP contribution in [0, 0.1) is 0 Å². The molecule has 2 heterocycles. The van der Waals surface area contributed by atoms with Gasteiger partial charge < -0.3 is 9.73 Å². The van der Waals surface area contributed by atoms with Crippen LogP contribution in [-0.4, -0.2) is 25.4 Å². The Labute approximate surface area is 152 Å². The second kappa shape index (κ2) is 8.20. The van der Waals surface area contributed by atoms with Crippen molar-refractivity contribution in [3.8, 4) is 11.6 Å². The van der Waals surface area contributed by atoms with Crippen molar-refractivity contribution in [3.63, 3.8) is 0 Å². The van der Waals surface area contributed by atoms with Crippen molar-refractivity contribution in [1.29, 1.82) is 0 Å². The number of carbonyl (C=O) groups excluding carboxylic acids is 1. The maximum atomic E-state index is 12.6. The van der Waals surface area contributed by atoms with Gasteiger partial charge in [0.25, 0.3) is 0 Å². The first kappa shape index (κ1) is 19.1. The minimum absolute atomic E-state index is 0.0824. The predicted octanol–water partition coefficient (Wildman–Crippen LogP) is 4.02. The lowest BCUT2D eigenvalue weighted by molar-refractivity contribution is -0.121. The molecule has 2 rings (SSSR count). The number of hydrogen-bond donors (Lipinski definition) is 1. The van der Waals surface area contributed by atoms with Crippen LogP contribution in [0.1, 0.15) is 34.6 Å². The fourth-order valence-electron chi connectivity index (χ4n) is 2.12. The van der Waals surface area contributed by atoms with Gasteiger partial charge in [-0.1, -0.05) is 23.9 Å². The minimum Gasteiger partial charge on any atom is -0.461 e. The van der Waals surface area contributed by atoms with Gasteiger partial charge in [-0.05, 0) is 52.8 Å². The van der Waals surface area contributed by atoms with E-state index in [4.69, 9.17) is 4.42 Å². The third kappa shape index (κ3) is 4.63. The molecule has 7 heteroatoms. The SMILES string of the molecule is C/C=C\C=C(/C)NC(=O)C(C)(C)Sc1nnc(-c2ccco2)n1CC. The van der Waals surface area contributed by atoms with E-state index in [2.05, 4.69) is 15.5 Å². The fraction of sp³-hybridized carbons (Fsp3) is 0.389. The normalized spacial score (nSPS) is 12.8. The number of furan rings is 1. The van der Waals surface area contributed by atoms with Crippen molar-refractivity contribution in [3.05, 3.63) is 42.3 Å². The van der Waals surface area contributed by atoms with E-state index in [1.807, 2.05) is 69.5 Å². The van der Waals surface area contributed by atoms with Gasteiger partial charge in [-0.15, -0.1) is 10.2 Å². The number of aromatic nitrogens is 3. The molecule has 2 aromatic heterocycles. The molecule has 25 heavy (non-hydrogen) atoms. The largest absolute Gasteiger partial charge is 0.461 e. The highest BCUT2D eigenvalue weighted by atomic mass is 32.2. The summed E-state index contributed by atoms with van der Waals surface area (Å²) in [6, 6.07) is 3.66. The molecule has 0 aromatic carbocycles. The summed E-state index contributed by atoms with van der Waals surface area (Å²) in [5, 5.41) is 12.1. The maximum absolute atomic E-state index is 12.6. The van der Waals surface area contributed by atoms with Crippen LogP contribution in [-0.2, 0) is 11.3 Å². The third-order valence-electron chi connectivity index (χ3n) is 3.52. The summed E-state index contributed by atoms with van der Waals surface area (Å²) in [5.74, 6) is 1.24. The average Bonchev–Trinajstić information content (AvgIpc) is 3.21. The first-order valence-electron chi connectivity index (χ1n) is 8.16. The molecule has 0 unspecified atom stereocenters. The zero-order chi connectivity index (χ0) is 18.4. The van der Waals surface area contributed by atoms with Gasteiger partial charge in [-0.3, -0.25) is 9.36 Å². The van der Waals surface area contributed by atoms with E-state index in [0.29, 0.717) is 23.3 Å². The highest BCUT2D eigenvalue weighted by Crippen LogP contribution is 2.33. The Balaban J connectivity index is 2.19. The van der Waals surface area contributed by atoms with Crippen molar-refractivity contribution in [2.24, 2.45) is 0 Å². The number of amides is 1. The van der Waals surface area contributed by atoms with E-state index in [0.717, 1.165) is 5.70 Å². The molecule has 0 bridgehead atoms. The molecular weight excluding hydrogens is 336 g/mol. The van der Waals surface area contributed by atoms with Crippen LogP contribution in [0.25, 0.3) is 11.6 Å². The standard InChI is InChI=1S/C18H24N4O2S/c1-6-8-10-13(3)19-16(23)18(4,5)25-17-21-20-15(22(17)7-2)14-11-9-12-24-14/h6,8-12H,7H2,1-5H3,(H,19,23)/b8-6-,13-10+. The van der Waals surface area contributed by atoms with Crippen LogP contribution in [0.15, 0.2) is 51.9 Å². The zero-order valence-electron chi connectivity index (χ0n) is 15.2. The van der Waals surface area contributed by atoms with E-state index < -0.39 is 4.75 Å². The summed E-state index contributed by atoms with van der Waals surface area (Å²) >= 11 is 1.38. The second-order valence-corrected chi connectivity index (χ2v) is 7.56. The average molecular weight is 360 g/mol. The monoisotopic (exact) mass is 360 g/mol. The Kier molecular flexibility index (Phi) is 6.25. The quantitative estimate of drug-likeness (QED) is 0.596. The molecule has 2 aromatic rings. The zero-order valence-corrected chi connectivity index (χ0v) is 16.1. The lowest BCUT2D eigenvalue weighted by Crippen LogP contribution is -2.39. The molecule has 0 atom stereocenters. The molecule has 1 N–H and O–H groups in total. The van der Waals surface area contributed by atoms with Gasteiger partial charge in [0.05, 0.1) is 11.0 Å². The van der Waals surface area contributed by atoms with Gasteiger partial charge >= 0.3 is 0 Å². The van der Waals surface area contributed by atoms with Crippen LogP contribution in [0.4, 0.5) is 0 Å². The van der Waals surface area contributed by atoms with Gasteiger partial charge in [0, 0.05) is 12.2 Å². The molecule has 0 aliphatic rings. The van der Waals surface area contributed by atoms with Crippen LogP contribution < -0.4 is 5.32 Å². The van der Waals surface area contributed by atoms with E-state index >= 15 is 0 Å². The molecule has 6 nitrogen and oxygen atoms in total. The van der Waals surface area contributed by atoms with Crippen LogP contribution >= 0.6 is 11.8 Å². The number of nitrogens with zero attached hydrogens (tertiary/aromatic N) is 3. The Morgan fingerprint density at radius 2 is 2.20 bits per heavy atom. The number of rotatable bonds is 7. The maximum Gasteiger partial charge on any atom is 0.240 e. The Bertz CT molecular complexity index is 773. The van der Waals surface area contributed by atoms with E-state index in [1.54, 1.807) is 6.26 Å². The number of carbonyl (C=O) groups is 1. The smallest absolute Gasteiger partial charge is 0.240 e. The number of hydrogen-bond acceptors (Lipinski definition) is 5. The van der Waals surface area contributed by atoms with Crippen molar-refractivity contribution in [1.82, 2.24) is 20.1 Å². The predicted molar refractivity (Wildman–Crippen MR) is 100 cm³/mol. The van der Waals surface area contributed by atoms with Crippen LogP contribution in [0.2, 0.25) is 0 Å².